The van der Waals surface area contributed by atoms with Gasteiger partial charge in [-0.3, -0.25) is 4.79 Å². The smallest absolute Gasteiger partial charge is 0.341 e. The maximum Gasteiger partial charge on any atom is 0.341 e. The Morgan fingerprint density at radius 3 is 2.64 bits per heavy atom. The molecule has 0 aliphatic carbocycles. The quantitative estimate of drug-likeness (QED) is 0.722. The van der Waals surface area contributed by atoms with Gasteiger partial charge in [0.2, 0.25) is 5.91 Å². The molecule has 0 atom stereocenters. The van der Waals surface area contributed by atoms with E-state index in [1.165, 1.54) is 7.11 Å². The Kier molecular flexibility index (Phi) is 6.22. The van der Waals surface area contributed by atoms with Crippen LogP contribution in [0.4, 0.5) is 0 Å². The summed E-state index contributed by atoms with van der Waals surface area (Å²) in [5.41, 5.74) is 1.43. The Balaban J connectivity index is 1.93. The zero-order chi connectivity index (χ0) is 18.4. The van der Waals surface area contributed by atoms with Gasteiger partial charge in [0.05, 0.1) is 20.8 Å². The molecule has 2 rings (SSSR count). The lowest BCUT2D eigenvalue weighted by molar-refractivity contribution is -0.130. The molecule has 0 saturated heterocycles. The fourth-order valence-electron chi connectivity index (χ4n) is 2.53. The summed E-state index contributed by atoms with van der Waals surface area (Å²) in [5.74, 6) is 1.37. The number of rotatable bonds is 7. The third-order valence-electron chi connectivity index (χ3n) is 3.95. The first-order valence-corrected chi connectivity index (χ1v) is 7.99. The van der Waals surface area contributed by atoms with Gasteiger partial charge in [-0.15, -0.1) is 0 Å². The summed E-state index contributed by atoms with van der Waals surface area (Å²) >= 11 is 0. The number of nitrogens with zero attached hydrogens (tertiary/aromatic N) is 1. The molecule has 0 aliphatic rings. The molecular formula is C19H23NO5. The summed E-state index contributed by atoms with van der Waals surface area (Å²) in [6.07, 6.45) is 1.01. The van der Waals surface area contributed by atoms with Crippen molar-refractivity contribution in [2.45, 2.75) is 26.3 Å². The van der Waals surface area contributed by atoms with Crippen LogP contribution in [0, 0.1) is 6.92 Å². The van der Waals surface area contributed by atoms with Gasteiger partial charge in [0.15, 0.2) is 0 Å². The van der Waals surface area contributed by atoms with E-state index in [0.29, 0.717) is 36.5 Å². The maximum atomic E-state index is 12.3. The highest BCUT2D eigenvalue weighted by Gasteiger charge is 2.18. The molecule has 1 heterocycles. The van der Waals surface area contributed by atoms with Crippen LogP contribution < -0.4 is 4.74 Å². The summed E-state index contributed by atoms with van der Waals surface area (Å²) < 4.78 is 15.4. The molecule has 134 valence electrons. The first kappa shape index (κ1) is 18.6. The second-order valence-corrected chi connectivity index (χ2v) is 5.78. The number of furan rings is 1. The summed E-state index contributed by atoms with van der Waals surface area (Å²) in [7, 11) is 4.65. The minimum atomic E-state index is -0.445. The van der Waals surface area contributed by atoms with E-state index in [4.69, 9.17) is 13.9 Å². The molecule has 2 aromatic rings. The van der Waals surface area contributed by atoms with Gasteiger partial charge in [-0.2, -0.15) is 0 Å². The molecule has 1 aromatic carbocycles. The number of methoxy groups -OCH3 is 2. The minimum absolute atomic E-state index is 0.00325. The van der Waals surface area contributed by atoms with E-state index in [1.54, 1.807) is 32.0 Å². The van der Waals surface area contributed by atoms with Crippen LogP contribution in [0.2, 0.25) is 0 Å². The molecule has 0 saturated carbocycles. The SMILES string of the molecule is COC(=O)c1cc(CN(C)C(=O)CCc2cccc(OC)c2)oc1C. The van der Waals surface area contributed by atoms with E-state index in [0.717, 1.165) is 11.3 Å². The second kappa shape index (κ2) is 8.37. The molecule has 0 radical (unpaired) electrons. The highest BCUT2D eigenvalue weighted by Crippen LogP contribution is 2.18. The lowest BCUT2D eigenvalue weighted by atomic mass is 10.1. The van der Waals surface area contributed by atoms with E-state index < -0.39 is 5.97 Å². The van der Waals surface area contributed by atoms with E-state index >= 15 is 0 Å². The molecule has 6 nitrogen and oxygen atoms in total. The van der Waals surface area contributed by atoms with Gasteiger partial charge in [-0.25, -0.2) is 4.79 Å². The van der Waals surface area contributed by atoms with E-state index in [2.05, 4.69) is 0 Å². The lowest BCUT2D eigenvalue weighted by Gasteiger charge is -2.15. The minimum Gasteiger partial charge on any atom is -0.497 e. The highest BCUT2D eigenvalue weighted by atomic mass is 16.5. The average Bonchev–Trinajstić information content (AvgIpc) is 2.99. The Bertz CT molecular complexity index is 750. The van der Waals surface area contributed by atoms with Gasteiger partial charge >= 0.3 is 5.97 Å². The Morgan fingerprint density at radius 2 is 1.96 bits per heavy atom. The summed E-state index contributed by atoms with van der Waals surface area (Å²) in [4.78, 5) is 25.5. The van der Waals surface area contributed by atoms with Crippen molar-refractivity contribution >= 4 is 11.9 Å². The second-order valence-electron chi connectivity index (χ2n) is 5.78. The molecule has 1 amide bonds. The molecule has 0 N–H and O–H groups in total. The standard InChI is InChI=1S/C19H23NO5/c1-13-17(19(22)24-4)11-16(25-13)12-20(2)18(21)9-8-14-6-5-7-15(10-14)23-3/h5-7,10-11H,8-9,12H2,1-4H3. The number of carbonyl (C=O) groups excluding carboxylic acids is 2. The largest absolute Gasteiger partial charge is 0.497 e. The number of carbonyl (C=O) groups is 2. The Morgan fingerprint density at radius 1 is 1.20 bits per heavy atom. The topological polar surface area (TPSA) is 69.0 Å². The van der Waals surface area contributed by atoms with Crippen LogP contribution in [0.1, 0.15) is 33.9 Å². The van der Waals surface area contributed by atoms with Gasteiger partial charge in [0.1, 0.15) is 22.8 Å². The van der Waals surface area contributed by atoms with Crippen molar-refractivity contribution in [3.63, 3.8) is 0 Å². The number of esters is 1. The number of ether oxygens (including phenoxy) is 2. The first-order valence-electron chi connectivity index (χ1n) is 7.99. The molecule has 0 aliphatic heterocycles. The fraction of sp³-hybridized carbons (Fsp3) is 0.368. The van der Waals surface area contributed by atoms with Crippen molar-refractivity contribution in [2.75, 3.05) is 21.3 Å². The van der Waals surface area contributed by atoms with E-state index in [9.17, 15) is 9.59 Å². The van der Waals surface area contributed by atoms with Crippen LogP contribution in [-0.2, 0) is 22.5 Å². The summed E-state index contributed by atoms with van der Waals surface area (Å²) in [6.45, 7) is 2.00. The fourth-order valence-corrected chi connectivity index (χ4v) is 2.53. The monoisotopic (exact) mass is 345 g/mol. The first-order chi connectivity index (χ1) is 11.9. The summed E-state index contributed by atoms with van der Waals surface area (Å²) in [6, 6.07) is 9.28. The van der Waals surface area contributed by atoms with E-state index in [-0.39, 0.29) is 5.91 Å². The highest BCUT2D eigenvalue weighted by molar-refractivity contribution is 5.90. The van der Waals surface area contributed by atoms with Gasteiger partial charge in [-0.05, 0) is 37.1 Å². The van der Waals surface area contributed by atoms with Crippen LogP contribution in [0.25, 0.3) is 0 Å². The van der Waals surface area contributed by atoms with Gasteiger partial charge < -0.3 is 18.8 Å². The van der Waals surface area contributed by atoms with Crippen LogP contribution in [0.3, 0.4) is 0 Å². The predicted octanol–water partition coefficient (Wildman–Crippen LogP) is 2.97. The van der Waals surface area contributed by atoms with Crippen molar-refractivity contribution in [3.05, 3.63) is 53.0 Å². The number of benzene rings is 1. The van der Waals surface area contributed by atoms with Crippen molar-refractivity contribution in [1.82, 2.24) is 4.90 Å². The normalized spacial score (nSPS) is 10.4. The number of hydrogen-bond donors (Lipinski definition) is 0. The summed E-state index contributed by atoms with van der Waals surface area (Å²) in [5, 5.41) is 0. The van der Waals surface area contributed by atoms with Crippen molar-refractivity contribution < 1.29 is 23.5 Å². The van der Waals surface area contributed by atoms with Crippen molar-refractivity contribution in [2.24, 2.45) is 0 Å². The van der Waals surface area contributed by atoms with Crippen LogP contribution in [0.5, 0.6) is 5.75 Å². The van der Waals surface area contributed by atoms with E-state index in [1.807, 2.05) is 24.3 Å². The van der Waals surface area contributed by atoms with Crippen LogP contribution in [-0.4, -0.2) is 38.0 Å². The van der Waals surface area contributed by atoms with Crippen molar-refractivity contribution in [3.8, 4) is 5.75 Å². The Hall–Kier alpha value is -2.76. The molecule has 0 bridgehead atoms. The number of amides is 1. The molecule has 0 unspecified atom stereocenters. The number of aryl methyl sites for hydroxylation is 2. The van der Waals surface area contributed by atoms with Crippen molar-refractivity contribution in [1.29, 1.82) is 0 Å². The molecule has 25 heavy (non-hydrogen) atoms. The predicted molar refractivity (Wildman–Crippen MR) is 92.6 cm³/mol. The zero-order valence-corrected chi connectivity index (χ0v) is 15.0. The molecule has 6 heteroatoms. The molecular weight excluding hydrogens is 322 g/mol. The average molecular weight is 345 g/mol. The van der Waals surface area contributed by atoms with Crippen LogP contribution in [0.15, 0.2) is 34.7 Å². The molecule has 0 fully saturated rings. The van der Waals surface area contributed by atoms with Gasteiger partial charge in [0.25, 0.3) is 0 Å². The lowest BCUT2D eigenvalue weighted by Crippen LogP contribution is -2.26. The number of hydrogen-bond acceptors (Lipinski definition) is 5. The maximum absolute atomic E-state index is 12.3. The third kappa shape index (κ3) is 4.86. The zero-order valence-electron chi connectivity index (χ0n) is 15.0. The third-order valence-corrected chi connectivity index (χ3v) is 3.95. The Labute approximate surface area is 147 Å². The van der Waals surface area contributed by atoms with Gasteiger partial charge in [-0.1, -0.05) is 12.1 Å². The van der Waals surface area contributed by atoms with Gasteiger partial charge in [0, 0.05) is 13.5 Å². The molecule has 1 aromatic heterocycles. The molecule has 0 spiro atoms. The van der Waals surface area contributed by atoms with Crippen LogP contribution >= 0.6 is 0 Å².